The van der Waals surface area contributed by atoms with Gasteiger partial charge in [-0.25, -0.2) is 0 Å². The highest BCUT2D eigenvalue weighted by atomic mass is 16.5. The molecule has 1 N–H and O–H groups in total. The van der Waals surface area contributed by atoms with Gasteiger partial charge in [0.1, 0.15) is 12.2 Å². The number of methoxy groups -OCH3 is 1. The van der Waals surface area contributed by atoms with Crippen molar-refractivity contribution in [2.24, 2.45) is 0 Å². The van der Waals surface area contributed by atoms with Crippen molar-refractivity contribution >= 4 is 11.8 Å². The number of ketones is 1. The number of carbonyl (C=O) groups is 2. The summed E-state index contributed by atoms with van der Waals surface area (Å²) in [6.07, 6.45) is -0.522. The Morgan fingerprint density at radius 2 is 1.60 bits per heavy atom. The van der Waals surface area contributed by atoms with Crippen LogP contribution >= 0.6 is 0 Å². The molecule has 0 spiro atoms. The second kappa shape index (κ2) is 6.02. The van der Waals surface area contributed by atoms with Gasteiger partial charge in [-0.3, -0.25) is 9.59 Å². The Morgan fingerprint density at radius 1 is 1.00 bits per heavy atom. The number of carboxylic acids is 1. The molecule has 0 saturated carbocycles. The highest BCUT2D eigenvalue weighted by Gasteiger charge is 2.17. The summed E-state index contributed by atoms with van der Waals surface area (Å²) >= 11 is 0. The molecule has 2 aromatic rings. The summed E-state index contributed by atoms with van der Waals surface area (Å²) in [5, 5.41) is 8.76. The predicted octanol–water partition coefficient (Wildman–Crippen LogP) is 3.02. The van der Waals surface area contributed by atoms with Crippen molar-refractivity contribution in [3.05, 3.63) is 54.1 Å². The molecule has 4 nitrogen and oxygen atoms in total. The molecule has 0 bridgehead atoms. The quantitative estimate of drug-likeness (QED) is 0.670. The Balaban J connectivity index is 2.52. The molecule has 20 heavy (non-hydrogen) atoms. The smallest absolute Gasteiger partial charge is 0.311 e. The van der Waals surface area contributed by atoms with E-state index in [0.29, 0.717) is 16.9 Å². The molecule has 0 heterocycles. The van der Waals surface area contributed by atoms with Crippen LogP contribution in [0.25, 0.3) is 11.1 Å². The van der Waals surface area contributed by atoms with Crippen LogP contribution in [-0.2, 0) is 4.79 Å². The Labute approximate surface area is 116 Å². The number of benzene rings is 2. The van der Waals surface area contributed by atoms with Gasteiger partial charge in [0.25, 0.3) is 0 Å². The van der Waals surface area contributed by atoms with E-state index < -0.39 is 18.2 Å². The van der Waals surface area contributed by atoms with Gasteiger partial charge in [0, 0.05) is 11.1 Å². The van der Waals surface area contributed by atoms with Crippen LogP contribution in [0.3, 0.4) is 0 Å². The first-order chi connectivity index (χ1) is 9.63. The second-order valence-electron chi connectivity index (χ2n) is 4.24. The number of rotatable bonds is 5. The van der Waals surface area contributed by atoms with Crippen molar-refractivity contribution in [3.63, 3.8) is 0 Å². The molecule has 2 aromatic carbocycles. The largest absolute Gasteiger partial charge is 0.496 e. The molecule has 2 rings (SSSR count). The molecular formula is C16H14O4. The van der Waals surface area contributed by atoms with Crippen LogP contribution in [-0.4, -0.2) is 24.0 Å². The van der Waals surface area contributed by atoms with E-state index in [-0.39, 0.29) is 0 Å². The van der Waals surface area contributed by atoms with Gasteiger partial charge in [-0.05, 0) is 11.6 Å². The summed E-state index contributed by atoms with van der Waals surface area (Å²) in [6, 6.07) is 14.3. The van der Waals surface area contributed by atoms with Gasteiger partial charge in [0.05, 0.1) is 7.11 Å². The van der Waals surface area contributed by atoms with Gasteiger partial charge in [0.15, 0.2) is 5.78 Å². The maximum atomic E-state index is 12.0. The average molecular weight is 270 g/mol. The lowest BCUT2D eigenvalue weighted by molar-refractivity contribution is -0.135. The van der Waals surface area contributed by atoms with E-state index in [1.54, 1.807) is 37.4 Å². The van der Waals surface area contributed by atoms with Crippen LogP contribution in [0.1, 0.15) is 16.8 Å². The summed E-state index contributed by atoms with van der Waals surface area (Å²) < 4.78 is 5.29. The van der Waals surface area contributed by atoms with E-state index >= 15 is 0 Å². The monoisotopic (exact) mass is 270 g/mol. The molecule has 0 fully saturated rings. The van der Waals surface area contributed by atoms with Crippen molar-refractivity contribution in [3.8, 4) is 16.9 Å². The topological polar surface area (TPSA) is 63.6 Å². The number of ether oxygens (including phenoxy) is 1. The van der Waals surface area contributed by atoms with E-state index in [1.807, 2.05) is 18.2 Å². The van der Waals surface area contributed by atoms with Gasteiger partial charge in [-0.15, -0.1) is 0 Å². The van der Waals surface area contributed by atoms with Crippen LogP contribution in [0.15, 0.2) is 48.5 Å². The van der Waals surface area contributed by atoms with Crippen molar-refractivity contribution in [2.45, 2.75) is 6.42 Å². The zero-order chi connectivity index (χ0) is 14.5. The third-order valence-electron chi connectivity index (χ3n) is 2.94. The predicted molar refractivity (Wildman–Crippen MR) is 75.0 cm³/mol. The number of Topliss-reactive ketones (excluding diaryl/α,β-unsaturated/α-hetero) is 1. The molecule has 0 aliphatic carbocycles. The number of aliphatic carboxylic acids is 1. The maximum Gasteiger partial charge on any atom is 0.311 e. The lowest BCUT2D eigenvalue weighted by atomic mass is 9.95. The van der Waals surface area contributed by atoms with Crippen LogP contribution in [0.2, 0.25) is 0 Å². The highest BCUT2D eigenvalue weighted by molar-refractivity contribution is 6.09. The first kappa shape index (κ1) is 13.8. The summed E-state index contributed by atoms with van der Waals surface area (Å²) in [5.74, 6) is -0.910. The van der Waals surface area contributed by atoms with Gasteiger partial charge >= 0.3 is 5.97 Å². The van der Waals surface area contributed by atoms with E-state index in [9.17, 15) is 9.59 Å². The standard InChI is InChI=1S/C16H14O4/c1-20-15-9-5-4-8-13(15)11-6-2-3-7-12(11)14(17)10-16(18)19/h2-9H,10H2,1H3,(H,18,19). The van der Waals surface area contributed by atoms with Gasteiger partial charge in [0.2, 0.25) is 0 Å². The lowest BCUT2D eigenvalue weighted by Gasteiger charge is -2.11. The van der Waals surface area contributed by atoms with E-state index in [4.69, 9.17) is 9.84 Å². The Bertz CT molecular complexity index is 646. The highest BCUT2D eigenvalue weighted by Crippen LogP contribution is 2.32. The van der Waals surface area contributed by atoms with E-state index in [2.05, 4.69) is 0 Å². The minimum atomic E-state index is -1.13. The first-order valence-electron chi connectivity index (χ1n) is 6.11. The third-order valence-corrected chi connectivity index (χ3v) is 2.94. The minimum Gasteiger partial charge on any atom is -0.496 e. The van der Waals surface area contributed by atoms with Crippen molar-refractivity contribution < 1.29 is 19.4 Å². The first-order valence-corrected chi connectivity index (χ1v) is 6.11. The van der Waals surface area contributed by atoms with Crippen LogP contribution < -0.4 is 4.74 Å². The van der Waals surface area contributed by atoms with Crippen LogP contribution in [0.5, 0.6) is 5.75 Å². The zero-order valence-electron chi connectivity index (χ0n) is 11.0. The summed E-state index contributed by atoms with van der Waals surface area (Å²) in [4.78, 5) is 22.7. The average Bonchev–Trinajstić information content (AvgIpc) is 2.46. The molecule has 102 valence electrons. The number of hydrogen-bond acceptors (Lipinski definition) is 3. The summed E-state index contributed by atoms with van der Waals surface area (Å²) in [7, 11) is 1.56. The fourth-order valence-corrected chi connectivity index (χ4v) is 2.06. The SMILES string of the molecule is COc1ccccc1-c1ccccc1C(=O)CC(=O)O. The molecule has 0 aliphatic heterocycles. The maximum absolute atomic E-state index is 12.0. The van der Waals surface area contributed by atoms with Crippen LogP contribution in [0.4, 0.5) is 0 Å². The summed E-state index contributed by atoms with van der Waals surface area (Å²) in [6.45, 7) is 0. The third kappa shape index (κ3) is 2.85. The number of carbonyl (C=O) groups excluding carboxylic acids is 1. The number of hydrogen-bond donors (Lipinski definition) is 1. The Kier molecular flexibility index (Phi) is 4.15. The van der Waals surface area contributed by atoms with Crippen LogP contribution in [0, 0.1) is 0 Å². The van der Waals surface area contributed by atoms with Gasteiger partial charge < -0.3 is 9.84 Å². The Morgan fingerprint density at radius 3 is 2.25 bits per heavy atom. The molecule has 0 amide bonds. The zero-order valence-corrected chi connectivity index (χ0v) is 11.0. The molecule has 4 heteroatoms. The minimum absolute atomic E-state index is 0.388. The molecule has 0 saturated heterocycles. The van der Waals surface area contributed by atoms with E-state index in [0.717, 1.165) is 5.56 Å². The van der Waals surface area contributed by atoms with Gasteiger partial charge in [-0.2, -0.15) is 0 Å². The molecule has 0 aromatic heterocycles. The number of carboxylic acid groups (broad SMARTS) is 1. The van der Waals surface area contributed by atoms with Crippen molar-refractivity contribution in [1.29, 1.82) is 0 Å². The Hall–Kier alpha value is -2.62. The lowest BCUT2D eigenvalue weighted by Crippen LogP contribution is -2.08. The van der Waals surface area contributed by atoms with Crippen molar-refractivity contribution in [1.82, 2.24) is 0 Å². The number of para-hydroxylation sites is 1. The molecule has 0 radical (unpaired) electrons. The normalized spacial score (nSPS) is 10.1. The molecule has 0 aliphatic rings. The fourth-order valence-electron chi connectivity index (χ4n) is 2.06. The molecular weight excluding hydrogens is 256 g/mol. The fraction of sp³-hybridized carbons (Fsp3) is 0.125. The van der Waals surface area contributed by atoms with Crippen molar-refractivity contribution in [2.75, 3.05) is 7.11 Å². The van der Waals surface area contributed by atoms with Gasteiger partial charge in [-0.1, -0.05) is 42.5 Å². The molecule has 0 atom stereocenters. The molecule has 0 unspecified atom stereocenters. The van der Waals surface area contributed by atoms with E-state index in [1.165, 1.54) is 0 Å². The summed E-state index contributed by atoms with van der Waals surface area (Å²) in [5.41, 5.74) is 1.83. The second-order valence-corrected chi connectivity index (χ2v) is 4.24.